The molecular weight excluding hydrogens is 408 g/mol. The number of hydrogen-bond acceptors (Lipinski definition) is 4. The maximum atomic E-state index is 13.0. The van der Waals surface area contributed by atoms with Crippen molar-refractivity contribution in [1.29, 1.82) is 0 Å². The molecule has 0 aliphatic carbocycles. The zero-order chi connectivity index (χ0) is 17.7. The van der Waals surface area contributed by atoms with Gasteiger partial charge in [0.15, 0.2) is 11.5 Å². The van der Waals surface area contributed by atoms with Crippen molar-refractivity contribution in [2.24, 2.45) is 5.73 Å². The molecule has 1 aliphatic heterocycles. The lowest BCUT2D eigenvalue weighted by Crippen LogP contribution is -2.51. The van der Waals surface area contributed by atoms with Crippen molar-refractivity contribution in [3.63, 3.8) is 0 Å². The standard InChI is InChI=1S/C18H27BrN2O3.ClH/c1-4-9-24-17-14(19)10-13(11-16(17)23-3)18(22)21-8-6-5-7-15(21)12(2)20;/h10-12,15H,4-9,20H2,1-3H3;1H. The normalized spacial score (nSPS) is 18.3. The van der Waals surface area contributed by atoms with Gasteiger partial charge in [0.05, 0.1) is 18.2 Å². The van der Waals surface area contributed by atoms with Crippen molar-refractivity contribution < 1.29 is 14.3 Å². The summed E-state index contributed by atoms with van der Waals surface area (Å²) in [6.07, 6.45) is 4.00. The maximum absolute atomic E-state index is 13.0. The molecule has 5 nitrogen and oxygen atoms in total. The van der Waals surface area contributed by atoms with Gasteiger partial charge in [0.1, 0.15) is 0 Å². The summed E-state index contributed by atoms with van der Waals surface area (Å²) >= 11 is 3.50. The maximum Gasteiger partial charge on any atom is 0.254 e. The molecule has 25 heavy (non-hydrogen) atoms. The minimum atomic E-state index is -0.0354. The first kappa shape index (κ1) is 22.1. The Labute approximate surface area is 164 Å². The van der Waals surface area contributed by atoms with Gasteiger partial charge in [-0.2, -0.15) is 0 Å². The van der Waals surface area contributed by atoms with Gasteiger partial charge in [0.25, 0.3) is 5.91 Å². The number of benzene rings is 1. The van der Waals surface area contributed by atoms with E-state index in [4.69, 9.17) is 15.2 Å². The van der Waals surface area contributed by atoms with Crippen molar-refractivity contribution in [2.45, 2.75) is 51.6 Å². The van der Waals surface area contributed by atoms with Gasteiger partial charge in [0.2, 0.25) is 0 Å². The van der Waals surface area contributed by atoms with E-state index in [1.54, 1.807) is 13.2 Å². The highest BCUT2D eigenvalue weighted by molar-refractivity contribution is 9.10. The van der Waals surface area contributed by atoms with E-state index in [0.29, 0.717) is 23.7 Å². The predicted molar refractivity (Wildman–Crippen MR) is 106 cm³/mol. The van der Waals surface area contributed by atoms with Crippen LogP contribution < -0.4 is 15.2 Å². The highest BCUT2D eigenvalue weighted by atomic mass is 79.9. The minimum Gasteiger partial charge on any atom is -0.493 e. The number of nitrogens with zero attached hydrogens (tertiary/aromatic N) is 1. The minimum absolute atomic E-state index is 0. The lowest BCUT2D eigenvalue weighted by molar-refractivity contribution is 0.0583. The summed E-state index contributed by atoms with van der Waals surface area (Å²) in [5.41, 5.74) is 6.68. The molecule has 0 aromatic heterocycles. The molecule has 7 heteroatoms. The molecule has 2 atom stereocenters. The Morgan fingerprint density at radius 3 is 2.76 bits per heavy atom. The van der Waals surface area contributed by atoms with E-state index in [-0.39, 0.29) is 30.4 Å². The highest BCUT2D eigenvalue weighted by Crippen LogP contribution is 2.37. The Morgan fingerprint density at radius 1 is 1.44 bits per heavy atom. The summed E-state index contributed by atoms with van der Waals surface area (Å²) in [4.78, 5) is 14.9. The second-order valence-corrected chi connectivity index (χ2v) is 7.11. The van der Waals surface area contributed by atoms with Gasteiger partial charge in [0, 0.05) is 24.2 Å². The summed E-state index contributed by atoms with van der Waals surface area (Å²) in [5, 5.41) is 0. The lowest BCUT2D eigenvalue weighted by Gasteiger charge is -2.38. The monoisotopic (exact) mass is 434 g/mol. The molecule has 2 unspecified atom stereocenters. The van der Waals surface area contributed by atoms with E-state index in [1.165, 1.54) is 0 Å². The summed E-state index contributed by atoms with van der Waals surface area (Å²) in [7, 11) is 1.58. The van der Waals surface area contributed by atoms with Crippen molar-refractivity contribution >= 4 is 34.2 Å². The Morgan fingerprint density at radius 2 is 2.16 bits per heavy atom. The van der Waals surface area contributed by atoms with Crippen LogP contribution in [0.1, 0.15) is 49.9 Å². The van der Waals surface area contributed by atoms with Crippen LogP contribution in [0.5, 0.6) is 11.5 Å². The molecule has 1 amide bonds. The zero-order valence-electron chi connectivity index (χ0n) is 15.1. The zero-order valence-corrected chi connectivity index (χ0v) is 17.5. The molecule has 2 rings (SSSR count). The number of amides is 1. The summed E-state index contributed by atoms with van der Waals surface area (Å²) < 4.78 is 11.9. The number of hydrogen-bond donors (Lipinski definition) is 1. The third kappa shape index (κ3) is 5.25. The summed E-state index contributed by atoms with van der Waals surface area (Å²) in [6, 6.07) is 3.62. The number of nitrogens with two attached hydrogens (primary N) is 1. The number of piperidine rings is 1. The van der Waals surface area contributed by atoms with E-state index >= 15 is 0 Å². The van der Waals surface area contributed by atoms with E-state index in [9.17, 15) is 4.79 Å². The van der Waals surface area contributed by atoms with Crippen LogP contribution >= 0.6 is 28.3 Å². The van der Waals surface area contributed by atoms with Gasteiger partial charge in [-0.3, -0.25) is 4.79 Å². The molecule has 0 radical (unpaired) electrons. The third-order valence-corrected chi connectivity index (χ3v) is 4.93. The molecule has 1 saturated heterocycles. The van der Waals surface area contributed by atoms with Crippen LogP contribution in [-0.4, -0.2) is 43.2 Å². The quantitative estimate of drug-likeness (QED) is 0.733. The molecule has 2 N–H and O–H groups in total. The second kappa shape index (κ2) is 10.2. The van der Waals surface area contributed by atoms with Gasteiger partial charge in [-0.05, 0) is 60.7 Å². The first-order chi connectivity index (χ1) is 11.5. The van der Waals surface area contributed by atoms with Gasteiger partial charge < -0.3 is 20.1 Å². The second-order valence-electron chi connectivity index (χ2n) is 6.26. The Hall–Kier alpha value is -0.980. The molecule has 0 bridgehead atoms. The van der Waals surface area contributed by atoms with E-state index in [1.807, 2.05) is 24.8 Å². The molecule has 1 fully saturated rings. The number of rotatable bonds is 6. The molecule has 1 heterocycles. The molecule has 142 valence electrons. The Balaban J connectivity index is 0.00000312. The molecule has 1 aromatic carbocycles. The number of carbonyl (C=O) groups is 1. The Bertz CT molecular complexity index is 584. The molecule has 0 spiro atoms. The van der Waals surface area contributed by atoms with Crippen molar-refractivity contribution in [2.75, 3.05) is 20.3 Å². The van der Waals surface area contributed by atoms with Crippen LogP contribution in [0.15, 0.2) is 16.6 Å². The number of halogens is 2. The smallest absolute Gasteiger partial charge is 0.254 e. The number of methoxy groups -OCH3 is 1. The first-order valence-corrected chi connectivity index (χ1v) is 9.35. The lowest BCUT2D eigenvalue weighted by atomic mass is 9.96. The fraction of sp³-hybridized carbons (Fsp3) is 0.611. The predicted octanol–water partition coefficient (Wildman–Crippen LogP) is 4.01. The van der Waals surface area contributed by atoms with Crippen LogP contribution in [0.3, 0.4) is 0 Å². The highest BCUT2D eigenvalue weighted by Gasteiger charge is 2.30. The number of carbonyl (C=O) groups excluding carboxylic acids is 1. The summed E-state index contributed by atoms with van der Waals surface area (Å²) in [5.74, 6) is 1.20. The fourth-order valence-corrected chi connectivity index (χ4v) is 3.67. The van der Waals surface area contributed by atoms with Crippen molar-refractivity contribution in [3.8, 4) is 11.5 Å². The van der Waals surface area contributed by atoms with Crippen LogP contribution in [-0.2, 0) is 0 Å². The van der Waals surface area contributed by atoms with E-state index < -0.39 is 0 Å². The molecule has 1 aliphatic rings. The van der Waals surface area contributed by atoms with E-state index in [2.05, 4.69) is 15.9 Å². The summed E-state index contributed by atoms with van der Waals surface area (Å²) in [6.45, 7) is 5.36. The van der Waals surface area contributed by atoms with Gasteiger partial charge in [-0.25, -0.2) is 0 Å². The van der Waals surface area contributed by atoms with Gasteiger partial charge in [-0.15, -0.1) is 12.4 Å². The molecule has 1 aromatic rings. The average Bonchev–Trinajstić information content (AvgIpc) is 2.59. The molecule has 0 saturated carbocycles. The molecular formula is C18H28BrClN2O3. The van der Waals surface area contributed by atoms with Crippen LogP contribution in [0.25, 0.3) is 0 Å². The number of likely N-dealkylation sites (tertiary alicyclic amines) is 1. The van der Waals surface area contributed by atoms with Crippen molar-refractivity contribution in [3.05, 3.63) is 22.2 Å². The topological polar surface area (TPSA) is 64.8 Å². The Kier molecular flexibility index (Phi) is 9.03. The van der Waals surface area contributed by atoms with Gasteiger partial charge >= 0.3 is 0 Å². The SMILES string of the molecule is CCCOc1c(Br)cc(C(=O)N2CCCCC2C(C)N)cc1OC.Cl. The number of ether oxygens (including phenoxy) is 2. The fourth-order valence-electron chi connectivity index (χ4n) is 3.11. The van der Waals surface area contributed by atoms with E-state index in [0.717, 1.165) is 36.7 Å². The van der Waals surface area contributed by atoms with Gasteiger partial charge in [-0.1, -0.05) is 6.92 Å². The van der Waals surface area contributed by atoms with Crippen LogP contribution in [0.4, 0.5) is 0 Å². The van der Waals surface area contributed by atoms with Crippen LogP contribution in [0, 0.1) is 0 Å². The largest absolute Gasteiger partial charge is 0.493 e. The van der Waals surface area contributed by atoms with Crippen molar-refractivity contribution in [1.82, 2.24) is 4.90 Å². The average molecular weight is 436 g/mol. The first-order valence-electron chi connectivity index (χ1n) is 8.56. The third-order valence-electron chi connectivity index (χ3n) is 4.34. The van der Waals surface area contributed by atoms with Crippen LogP contribution in [0.2, 0.25) is 0 Å².